The van der Waals surface area contributed by atoms with Crippen molar-refractivity contribution < 1.29 is 13.5 Å². The third kappa shape index (κ3) is 5.13. The van der Waals surface area contributed by atoms with Crippen LogP contribution in [-0.2, 0) is 10.0 Å². The molecule has 1 unspecified atom stereocenters. The van der Waals surface area contributed by atoms with Gasteiger partial charge < -0.3 is 5.11 Å². The second-order valence-corrected chi connectivity index (χ2v) is 7.77. The average Bonchev–Trinajstić information content (AvgIpc) is 2.30. The van der Waals surface area contributed by atoms with Gasteiger partial charge in [0.25, 0.3) is 0 Å². The highest BCUT2D eigenvalue weighted by molar-refractivity contribution is 7.98. The van der Waals surface area contributed by atoms with Crippen LogP contribution in [0.25, 0.3) is 0 Å². The zero-order chi connectivity index (χ0) is 14.7. The Morgan fingerprint density at radius 2 is 2.05 bits per heavy atom. The van der Waals surface area contributed by atoms with Crippen LogP contribution in [0.4, 0.5) is 0 Å². The van der Waals surface area contributed by atoms with Crippen molar-refractivity contribution >= 4 is 45.0 Å². The van der Waals surface area contributed by atoms with Crippen molar-refractivity contribution in [1.29, 1.82) is 0 Å². The molecular formula is C11H15Cl2NO3S2. The minimum absolute atomic E-state index is 0.0846. The minimum atomic E-state index is -3.80. The highest BCUT2D eigenvalue weighted by Crippen LogP contribution is 2.25. The number of thioether (sulfide) groups is 1. The van der Waals surface area contributed by atoms with Crippen LogP contribution in [0.5, 0.6) is 0 Å². The van der Waals surface area contributed by atoms with E-state index in [4.69, 9.17) is 23.2 Å². The molecular weight excluding hydrogens is 329 g/mol. The number of halogens is 2. The highest BCUT2D eigenvalue weighted by atomic mass is 35.5. The summed E-state index contributed by atoms with van der Waals surface area (Å²) < 4.78 is 26.5. The summed E-state index contributed by atoms with van der Waals surface area (Å²) in [7, 11) is -3.80. The van der Waals surface area contributed by atoms with Gasteiger partial charge in [0.1, 0.15) is 4.90 Å². The lowest BCUT2D eigenvalue weighted by Gasteiger charge is -2.22. The fourth-order valence-electron chi connectivity index (χ4n) is 1.37. The normalized spacial score (nSPS) is 15.2. The van der Waals surface area contributed by atoms with Gasteiger partial charge in [0.15, 0.2) is 0 Å². The molecule has 1 aromatic rings. The topological polar surface area (TPSA) is 66.4 Å². The Bertz CT molecular complexity index is 547. The maximum Gasteiger partial charge on any atom is 0.242 e. The van der Waals surface area contributed by atoms with Gasteiger partial charge in [-0.3, -0.25) is 0 Å². The standard InChI is InChI=1S/C11H15Cl2NO3S2/c1-11(15,7-18-2)6-14-19(16,17)10-5-8(12)3-4-9(10)13/h3-5,14-15H,6-7H2,1-2H3. The Morgan fingerprint density at radius 3 is 2.63 bits per heavy atom. The van der Waals surface area contributed by atoms with Crippen LogP contribution in [-0.4, -0.2) is 37.7 Å². The van der Waals surface area contributed by atoms with Crippen LogP contribution in [0.3, 0.4) is 0 Å². The van der Waals surface area contributed by atoms with Crippen LogP contribution in [0.15, 0.2) is 23.1 Å². The van der Waals surface area contributed by atoms with E-state index in [1.807, 2.05) is 6.26 Å². The van der Waals surface area contributed by atoms with Gasteiger partial charge in [-0.1, -0.05) is 23.2 Å². The summed E-state index contributed by atoms with van der Waals surface area (Å²) in [5.41, 5.74) is -1.13. The molecule has 0 heterocycles. The smallest absolute Gasteiger partial charge is 0.242 e. The maximum atomic E-state index is 12.1. The molecule has 2 N–H and O–H groups in total. The Balaban J connectivity index is 2.90. The second-order valence-electron chi connectivity index (χ2n) is 4.33. The van der Waals surface area contributed by atoms with Gasteiger partial charge in [-0.05, 0) is 31.4 Å². The fraction of sp³-hybridized carbons (Fsp3) is 0.455. The van der Waals surface area contributed by atoms with Crippen molar-refractivity contribution in [3.05, 3.63) is 28.2 Å². The van der Waals surface area contributed by atoms with Gasteiger partial charge >= 0.3 is 0 Å². The lowest BCUT2D eigenvalue weighted by molar-refractivity contribution is 0.0908. The summed E-state index contributed by atoms with van der Waals surface area (Å²) in [4.78, 5) is -0.0957. The predicted octanol–water partition coefficient (Wildman–Crippen LogP) is 2.39. The molecule has 0 spiro atoms. The maximum absolute atomic E-state index is 12.1. The van der Waals surface area contributed by atoms with E-state index in [-0.39, 0.29) is 21.5 Å². The zero-order valence-electron chi connectivity index (χ0n) is 10.5. The van der Waals surface area contributed by atoms with Crippen molar-refractivity contribution in [2.24, 2.45) is 0 Å². The summed E-state index contributed by atoms with van der Waals surface area (Å²) >= 11 is 13.0. The van der Waals surface area contributed by atoms with Gasteiger partial charge in [-0.25, -0.2) is 13.1 Å². The SMILES string of the molecule is CSCC(C)(O)CNS(=O)(=O)c1cc(Cl)ccc1Cl. The molecule has 0 bridgehead atoms. The van der Waals surface area contributed by atoms with E-state index in [1.54, 1.807) is 6.92 Å². The van der Waals surface area contributed by atoms with E-state index < -0.39 is 15.6 Å². The first-order chi connectivity index (χ1) is 8.68. The van der Waals surface area contributed by atoms with E-state index in [1.165, 1.54) is 30.0 Å². The minimum Gasteiger partial charge on any atom is -0.388 e. The largest absolute Gasteiger partial charge is 0.388 e. The van der Waals surface area contributed by atoms with Crippen molar-refractivity contribution in [2.75, 3.05) is 18.6 Å². The van der Waals surface area contributed by atoms with E-state index in [0.29, 0.717) is 5.75 Å². The van der Waals surface area contributed by atoms with Gasteiger partial charge in [0.05, 0.1) is 10.6 Å². The van der Waals surface area contributed by atoms with E-state index in [9.17, 15) is 13.5 Å². The second kappa shape index (κ2) is 6.65. The number of benzene rings is 1. The van der Waals surface area contributed by atoms with Gasteiger partial charge in [-0.15, -0.1) is 0 Å². The third-order valence-corrected chi connectivity index (χ3v) is 5.31. The lowest BCUT2D eigenvalue weighted by atomic mass is 10.1. The lowest BCUT2D eigenvalue weighted by Crippen LogP contribution is -2.42. The van der Waals surface area contributed by atoms with E-state index in [2.05, 4.69) is 4.72 Å². The van der Waals surface area contributed by atoms with Gasteiger partial charge in [-0.2, -0.15) is 11.8 Å². The van der Waals surface area contributed by atoms with E-state index >= 15 is 0 Å². The molecule has 0 aromatic heterocycles. The molecule has 0 aliphatic carbocycles. The van der Waals surface area contributed by atoms with Crippen molar-refractivity contribution in [3.63, 3.8) is 0 Å². The molecule has 1 aromatic carbocycles. The first-order valence-electron chi connectivity index (χ1n) is 5.34. The van der Waals surface area contributed by atoms with Crippen LogP contribution in [0, 0.1) is 0 Å². The summed E-state index contributed by atoms with van der Waals surface area (Å²) in [5.74, 6) is 0.415. The molecule has 0 radical (unpaired) electrons. The van der Waals surface area contributed by atoms with Crippen LogP contribution in [0.1, 0.15) is 6.92 Å². The molecule has 0 saturated heterocycles. The number of nitrogens with one attached hydrogen (secondary N) is 1. The highest BCUT2D eigenvalue weighted by Gasteiger charge is 2.25. The molecule has 4 nitrogen and oxygen atoms in total. The molecule has 8 heteroatoms. The number of hydrogen-bond donors (Lipinski definition) is 2. The summed E-state index contributed by atoms with van der Waals surface area (Å²) in [6.07, 6.45) is 1.83. The molecule has 19 heavy (non-hydrogen) atoms. The predicted molar refractivity (Wildman–Crippen MR) is 80.7 cm³/mol. The molecule has 0 saturated carbocycles. The monoisotopic (exact) mass is 343 g/mol. The zero-order valence-corrected chi connectivity index (χ0v) is 13.6. The first kappa shape index (κ1) is 17.1. The van der Waals surface area contributed by atoms with Crippen molar-refractivity contribution in [3.8, 4) is 0 Å². The van der Waals surface area contributed by atoms with Gasteiger partial charge in [0.2, 0.25) is 10.0 Å². The van der Waals surface area contributed by atoms with Crippen LogP contribution >= 0.6 is 35.0 Å². The molecule has 0 amide bonds. The Labute approximate surface area is 127 Å². The summed E-state index contributed by atoms with van der Waals surface area (Å²) in [6.45, 7) is 1.46. The molecule has 108 valence electrons. The summed E-state index contributed by atoms with van der Waals surface area (Å²) in [6, 6.07) is 4.20. The molecule has 0 fully saturated rings. The van der Waals surface area contributed by atoms with Gasteiger partial charge in [0, 0.05) is 17.3 Å². The Kier molecular flexibility index (Phi) is 5.97. The number of hydrogen-bond acceptors (Lipinski definition) is 4. The van der Waals surface area contributed by atoms with E-state index in [0.717, 1.165) is 0 Å². The quantitative estimate of drug-likeness (QED) is 0.832. The molecule has 1 atom stereocenters. The summed E-state index contributed by atoms with van der Waals surface area (Å²) in [5, 5.41) is 10.3. The van der Waals surface area contributed by atoms with Crippen LogP contribution < -0.4 is 4.72 Å². The number of aliphatic hydroxyl groups is 1. The molecule has 0 aliphatic heterocycles. The van der Waals surface area contributed by atoms with Crippen LogP contribution in [0.2, 0.25) is 10.0 Å². The molecule has 0 aliphatic rings. The number of sulfonamides is 1. The van der Waals surface area contributed by atoms with Crippen molar-refractivity contribution in [2.45, 2.75) is 17.4 Å². The fourth-order valence-corrected chi connectivity index (χ4v) is 4.02. The first-order valence-corrected chi connectivity index (χ1v) is 8.97. The Hall–Kier alpha value is 0.0200. The van der Waals surface area contributed by atoms with Crippen molar-refractivity contribution in [1.82, 2.24) is 4.72 Å². The third-order valence-electron chi connectivity index (χ3n) is 2.28. The number of rotatable bonds is 6. The molecule has 1 rings (SSSR count). The Morgan fingerprint density at radius 1 is 1.42 bits per heavy atom. The average molecular weight is 344 g/mol.